The number of nitrogens with one attached hydrogen (secondary N) is 2. The first-order chi connectivity index (χ1) is 13.5. The molecule has 4 aromatic rings. The Morgan fingerprint density at radius 3 is 2.79 bits per heavy atom. The number of anilines is 1. The second-order valence-electron chi connectivity index (χ2n) is 6.07. The number of hydrogen-bond donors (Lipinski definition) is 2. The van der Waals surface area contributed by atoms with Crippen LogP contribution in [-0.2, 0) is 4.79 Å². The van der Waals surface area contributed by atoms with E-state index in [0.717, 1.165) is 21.8 Å². The summed E-state index contributed by atoms with van der Waals surface area (Å²) in [5, 5.41) is 15.6. The number of H-pyrrole nitrogens is 1. The molecule has 28 heavy (non-hydrogen) atoms. The molecule has 138 valence electrons. The molecule has 2 aromatic heterocycles. The second kappa shape index (κ2) is 7.13. The second-order valence-corrected chi connectivity index (χ2v) is 6.48. The zero-order chi connectivity index (χ0) is 19.7. The number of nitrogens with zero attached hydrogens (tertiary/aromatic N) is 2. The van der Waals surface area contributed by atoms with Crippen LogP contribution in [0.4, 0.5) is 11.4 Å². The SMILES string of the molecule is O=C(/C=C/c1cc2c(cn1)[nH]c1ccccc12)Nc1ccc(Cl)c([N+](=O)[O-])c1. The first-order valence-corrected chi connectivity index (χ1v) is 8.68. The maximum atomic E-state index is 12.1. The van der Waals surface area contributed by atoms with Gasteiger partial charge in [0.25, 0.3) is 5.69 Å². The monoisotopic (exact) mass is 392 g/mol. The van der Waals surface area contributed by atoms with E-state index in [0.29, 0.717) is 5.69 Å². The van der Waals surface area contributed by atoms with Crippen molar-refractivity contribution in [2.45, 2.75) is 0 Å². The molecule has 2 aromatic carbocycles. The van der Waals surface area contributed by atoms with Crippen molar-refractivity contribution in [1.29, 1.82) is 0 Å². The summed E-state index contributed by atoms with van der Waals surface area (Å²) in [5.41, 5.74) is 2.56. The lowest BCUT2D eigenvalue weighted by atomic mass is 10.1. The Labute approximate surface area is 163 Å². The molecule has 0 saturated heterocycles. The van der Waals surface area contributed by atoms with Crippen LogP contribution in [0.25, 0.3) is 27.9 Å². The predicted molar refractivity (Wildman–Crippen MR) is 109 cm³/mol. The maximum absolute atomic E-state index is 12.1. The van der Waals surface area contributed by atoms with Gasteiger partial charge in [0.1, 0.15) is 5.02 Å². The molecule has 4 rings (SSSR count). The summed E-state index contributed by atoms with van der Waals surface area (Å²) in [6.07, 6.45) is 4.62. The van der Waals surface area contributed by atoms with Gasteiger partial charge in [-0.05, 0) is 30.3 Å². The maximum Gasteiger partial charge on any atom is 0.289 e. The van der Waals surface area contributed by atoms with Gasteiger partial charge in [0.15, 0.2) is 0 Å². The fourth-order valence-corrected chi connectivity index (χ4v) is 3.12. The van der Waals surface area contributed by atoms with Gasteiger partial charge in [-0.25, -0.2) is 0 Å². The minimum absolute atomic E-state index is 0.00905. The fraction of sp³-hybridized carbons (Fsp3) is 0. The third kappa shape index (κ3) is 3.43. The number of nitro groups is 1. The molecule has 0 aliphatic rings. The van der Waals surface area contributed by atoms with Crippen molar-refractivity contribution in [3.05, 3.63) is 81.6 Å². The summed E-state index contributed by atoms with van der Waals surface area (Å²) >= 11 is 5.77. The number of aromatic amines is 1. The summed E-state index contributed by atoms with van der Waals surface area (Å²) in [5.74, 6) is -0.433. The summed E-state index contributed by atoms with van der Waals surface area (Å²) < 4.78 is 0. The van der Waals surface area contributed by atoms with Crippen LogP contribution in [0.15, 0.2) is 60.8 Å². The standard InChI is InChI=1S/C20H13ClN4O3/c21-16-7-5-13(10-19(16)25(27)28)23-20(26)8-6-12-9-15-14-3-1-2-4-17(14)24-18(15)11-22-12/h1-11,24H,(H,23,26)/b8-6+. The third-order valence-electron chi connectivity index (χ3n) is 4.23. The van der Waals surface area contributed by atoms with Gasteiger partial charge in [0.2, 0.25) is 5.91 Å². The van der Waals surface area contributed by atoms with Crippen LogP contribution in [0.2, 0.25) is 5.02 Å². The Balaban J connectivity index is 1.55. The molecule has 0 aliphatic heterocycles. The number of hydrogen-bond acceptors (Lipinski definition) is 4. The molecule has 0 saturated carbocycles. The Morgan fingerprint density at radius 2 is 1.96 bits per heavy atom. The van der Waals surface area contributed by atoms with Crippen molar-refractivity contribution in [2.24, 2.45) is 0 Å². The highest BCUT2D eigenvalue weighted by Crippen LogP contribution is 2.27. The van der Waals surface area contributed by atoms with Crippen molar-refractivity contribution in [3.8, 4) is 0 Å². The van der Waals surface area contributed by atoms with Crippen molar-refractivity contribution in [1.82, 2.24) is 9.97 Å². The van der Waals surface area contributed by atoms with Gasteiger partial charge in [-0.3, -0.25) is 19.9 Å². The normalized spacial score (nSPS) is 11.3. The Kier molecular flexibility index (Phi) is 4.50. The molecule has 1 amide bonds. The van der Waals surface area contributed by atoms with Gasteiger partial charge in [0, 0.05) is 34.1 Å². The van der Waals surface area contributed by atoms with Gasteiger partial charge in [-0.1, -0.05) is 29.8 Å². The van der Waals surface area contributed by atoms with E-state index >= 15 is 0 Å². The van der Waals surface area contributed by atoms with Crippen LogP contribution < -0.4 is 5.32 Å². The minimum atomic E-state index is -0.603. The highest BCUT2D eigenvalue weighted by molar-refractivity contribution is 6.32. The van der Waals surface area contributed by atoms with Crippen LogP contribution in [0.3, 0.4) is 0 Å². The topological polar surface area (TPSA) is 101 Å². The van der Waals surface area contributed by atoms with Gasteiger partial charge < -0.3 is 10.3 Å². The average Bonchev–Trinajstić information content (AvgIpc) is 3.05. The Bertz CT molecular complexity index is 1260. The zero-order valence-corrected chi connectivity index (χ0v) is 15.1. The van der Waals surface area contributed by atoms with Crippen LogP contribution in [0, 0.1) is 10.1 Å². The molecule has 0 spiro atoms. The van der Waals surface area contributed by atoms with Gasteiger partial charge in [-0.15, -0.1) is 0 Å². The smallest absolute Gasteiger partial charge is 0.289 e. The van der Waals surface area contributed by atoms with Crippen molar-refractivity contribution in [2.75, 3.05) is 5.32 Å². The Hall–Kier alpha value is -3.71. The fourth-order valence-electron chi connectivity index (χ4n) is 2.93. The molecule has 7 nitrogen and oxygen atoms in total. The van der Waals surface area contributed by atoms with E-state index in [-0.39, 0.29) is 16.4 Å². The molecule has 0 bridgehead atoms. The average molecular weight is 393 g/mol. The summed E-state index contributed by atoms with van der Waals surface area (Å²) in [4.78, 5) is 30.1. The molecule has 0 atom stereocenters. The highest BCUT2D eigenvalue weighted by Gasteiger charge is 2.13. The zero-order valence-electron chi connectivity index (χ0n) is 14.3. The van der Waals surface area contributed by atoms with Gasteiger partial charge in [-0.2, -0.15) is 0 Å². The molecular weight excluding hydrogens is 380 g/mol. The predicted octanol–water partition coefficient (Wildman–Crippen LogP) is 4.93. The lowest BCUT2D eigenvalue weighted by Crippen LogP contribution is -2.08. The van der Waals surface area contributed by atoms with Crippen molar-refractivity contribution in [3.63, 3.8) is 0 Å². The lowest BCUT2D eigenvalue weighted by Gasteiger charge is -2.03. The number of carbonyl (C=O) groups excluding carboxylic acids is 1. The first kappa shape index (κ1) is 17.7. The van der Waals surface area contributed by atoms with Crippen LogP contribution in [0.5, 0.6) is 0 Å². The van der Waals surface area contributed by atoms with E-state index in [4.69, 9.17) is 11.6 Å². The quantitative estimate of drug-likeness (QED) is 0.292. The molecule has 0 aliphatic carbocycles. The molecule has 2 N–H and O–H groups in total. The van der Waals surface area contributed by atoms with Crippen molar-refractivity contribution < 1.29 is 9.72 Å². The number of nitro benzene ring substituents is 1. The largest absolute Gasteiger partial charge is 0.353 e. The number of carbonyl (C=O) groups is 1. The van der Waals surface area contributed by atoms with Gasteiger partial charge in [0.05, 0.1) is 22.3 Å². The van der Waals surface area contributed by atoms with E-state index < -0.39 is 10.8 Å². The number of amides is 1. The van der Waals surface area contributed by atoms with E-state index in [1.54, 1.807) is 12.3 Å². The molecule has 8 heteroatoms. The number of aromatic nitrogens is 2. The molecule has 0 radical (unpaired) electrons. The summed E-state index contributed by atoms with van der Waals surface area (Å²) in [6, 6.07) is 13.9. The van der Waals surface area contributed by atoms with Crippen molar-refractivity contribution >= 4 is 56.8 Å². The van der Waals surface area contributed by atoms with E-state index in [2.05, 4.69) is 15.3 Å². The molecule has 0 fully saturated rings. The van der Waals surface area contributed by atoms with E-state index in [1.165, 1.54) is 24.3 Å². The molecule has 0 unspecified atom stereocenters. The van der Waals surface area contributed by atoms with Crippen LogP contribution >= 0.6 is 11.6 Å². The van der Waals surface area contributed by atoms with Crippen LogP contribution in [-0.4, -0.2) is 20.8 Å². The number of pyridine rings is 1. The minimum Gasteiger partial charge on any atom is -0.353 e. The number of fused-ring (bicyclic) bond motifs is 3. The van der Waals surface area contributed by atoms with E-state index in [9.17, 15) is 14.9 Å². The highest BCUT2D eigenvalue weighted by atomic mass is 35.5. The first-order valence-electron chi connectivity index (χ1n) is 8.31. The third-order valence-corrected chi connectivity index (χ3v) is 4.55. The Morgan fingerprint density at radius 1 is 1.14 bits per heavy atom. The molecule has 2 heterocycles. The number of rotatable bonds is 4. The number of benzene rings is 2. The van der Waals surface area contributed by atoms with E-state index in [1.807, 2.05) is 30.3 Å². The summed E-state index contributed by atoms with van der Waals surface area (Å²) in [7, 11) is 0. The number of halogens is 1. The summed E-state index contributed by atoms with van der Waals surface area (Å²) in [6.45, 7) is 0. The lowest BCUT2D eigenvalue weighted by molar-refractivity contribution is -0.384. The number of para-hydroxylation sites is 1. The van der Waals surface area contributed by atoms with Crippen LogP contribution in [0.1, 0.15) is 5.69 Å². The molecular formula is C20H13ClN4O3. The van der Waals surface area contributed by atoms with Gasteiger partial charge >= 0.3 is 0 Å².